The Kier molecular flexibility index (Phi) is 9.13. The highest BCUT2D eigenvalue weighted by molar-refractivity contribution is 7.92. The van der Waals surface area contributed by atoms with Crippen LogP contribution in [0.15, 0.2) is 49.3 Å². The first-order chi connectivity index (χ1) is 19.2. The molecule has 1 aromatic carbocycles. The summed E-state index contributed by atoms with van der Waals surface area (Å²) in [7, 11) is -6.33. The van der Waals surface area contributed by atoms with Gasteiger partial charge < -0.3 is 19.3 Å². The van der Waals surface area contributed by atoms with Gasteiger partial charge in [-0.05, 0) is 50.4 Å². The van der Waals surface area contributed by atoms with Crippen molar-refractivity contribution in [3.63, 3.8) is 0 Å². The van der Waals surface area contributed by atoms with Crippen molar-refractivity contribution in [2.45, 2.75) is 55.4 Å². The molecule has 0 saturated heterocycles. The summed E-state index contributed by atoms with van der Waals surface area (Å²) in [5.41, 5.74) is 0.818. The molecular weight excluding hydrogens is 593 g/mol. The van der Waals surface area contributed by atoms with Gasteiger partial charge in [0.1, 0.15) is 21.8 Å². The number of nitrogens with one attached hydrogen (secondary N) is 1. The van der Waals surface area contributed by atoms with Gasteiger partial charge in [0.2, 0.25) is 5.91 Å². The lowest BCUT2D eigenvalue weighted by Gasteiger charge is -2.33. The van der Waals surface area contributed by atoms with E-state index in [9.17, 15) is 26.7 Å². The van der Waals surface area contributed by atoms with Gasteiger partial charge in [-0.15, -0.1) is 11.3 Å². The van der Waals surface area contributed by atoms with E-state index in [-0.39, 0.29) is 64.2 Å². The third-order valence-corrected chi connectivity index (χ3v) is 11.8. The number of thiophene rings is 1. The van der Waals surface area contributed by atoms with E-state index in [2.05, 4.69) is 9.88 Å². The van der Waals surface area contributed by atoms with Gasteiger partial charge in [-0.2, -0.15) is 4.31 Å². The molecule has 1 aliphatic heterocycles. The number of carbonyl (C=O) groups is 1. The number of benzene rings is 1. The van der Waals surface area contributed by atoms with Gasteiger partial charge >= 0.3 is 0 Å². The number of hydrogen-bond acceptors (Lipinski definition) is 10. The molecule has 3 aromatic rings. The summed E-state index contributed by atoms with van der Waals surface area (Å²) in [5.74, 6) is -0.133. The second-order valence-electron chi connectivity index (χ2n) is 10.2. The summed E-state index contributed by atoms with van der Waals surface area (Å²) in [6.45, 7) is 6.56. The Hall–Kier alpha value is -2.98. The monoisotopic (exact) mass is 626 g/mol. The molecule has 0 fully saturated rings. The fourth-order valence-corrected chi connectivity index (χ4v) is 8.46. The topological polar surface area (TPSA) is 159 Å². The number of rotatable bonds is 9. The van der Waals surface area contributed by atoms with Crippen LogP contribution in [-0.2, 0) is 31.3 Å². The summed E-state index contributed by atoms with van der Waals surface area (Å²) in [6, 6.07) is 7.29. The minimum absolute atomic E-state index is 0.00317. The highest BCUT2D eigenvalue weighted by Crippen LogP contribution is 2.31. The molecule has 0 unspecified atom stereocenters. The molecule has 1 amide bonds. The Bertz CT molecular complexity index is 1580. The summed E-state index contributed by atoms with van der Waals surface area (Å²) >= 11 is 1.12. The number of sulfonamides is 2. The van der Waals surface area contributed by atoms with Gasteiger partial charge in [-0.3, -0.25) is 9.52 Å². The molecule has 3 heterocycles. The van der Waals surface area contributed by atoms with Crippen LogP contribution in [0.5, 0.6) is 5.75 Å². The van der Waals surface area contributed by atoms with Gasteiger partial charge in [0, 0.05) is 30.8 Å². The number of ether oxygens (including phenoxy) is 1. The number of likely N-dealkylation sites (N-methyl/N-ethyl adjacent to an activating group) is 1. The van der Waals surface area contributed by atoms with Gasteiger partial charge in [-0.1, -0.05) is 18.1 Å². The maximum atomic E-state index is 13.4. The first-order valence-corrected chi connectivity index (χ1v) is 16.7. The number of fused-ring (bicyclic) bond motifs is 1. The number of aromatic nitrogens is 1. The molecule has 0 bridgehead atoms. The Balaban J connectivity index is 1.70. The smallest absolute Gasteiger partial charge is 0.267 e. The molecule has 0 radical (unpaired) electrons. The molecule has 224 valence electrons. The van der Waals surface area contributed by atoms with E-state index in [1.54, 1.807) is 29.3 Å². The normalized spacial score (nSPS) is 19.2. The van der Waals surface area contributed by atoms with Gasteiger partial charge in [0.25, 0.3) is 20.0 Å². The largest absolute Gasteiger partial charge is 0.488 e. The molecule has 1 aliphatic rings. The van der Waals surface area contributed by atoms with E-state index in [0.29, 0.717) is 11.3 Å². The van der Waals surface area contributed by atoms with E-state index >= 15 is 0 Å². The SMILES string of the molecule is Cc1noc(C)c1S(=O)(=O)Nc1ccc2c(c1)CC(=O)N([C@@H](C)CO)C[C@@H](C)[C@H](CN(C)S(=O)(=O)c1cccs1)O2. The first-order valence-electron chi connectivity index (χ1n) is 12.9. The van der Waals surface area contributed by atoms with E-state index in [0.717, 1.165) is 11.3 Å². The van der Waals surface area contributed by atoms with Crippen LogP contribution in [0.2, 0.25) is 0 Å². The molecule has 41 heavy (non-hydrogen) atoms. The zero-order valence-electron chi connectivity index (χ0n) is 23.4. The molecule has 2 aromatic heterocycles. The van der Waals surface area contributed by atoms with Crippen LogP contribution >= 0.6 is 11.3 Å². The average molecular weight is 627 g/mol. The van der Waals surface area contributed by atoms with Crippen LogP contribution in [0.3, 0.4) is 0 Å². The second kappa shape index (κ2) is 12.1. The predicted octanol–water partition coefficient (Wildman–Crippen LogP) is 2.62. The van der Waals surface area contributed by atoms with Crippen molar-refractivity contribution in [3.8, 4) is 5.75 Å². The lowest BCUT2D eigenvalue weighted by Crippen LogP contribution is -2.48. The quantitative estimate of drug-likeness (QED) is 0.364. The molecule has 2 N–H and O–H groups in total. The van der Waals surface area contributed by atoms with E-state index in [1.165, 1.54) is 43.4 Å². The van der Waals surface area contributed by atoms with Crippen molar-refractivity contribution < 1.29 is 36.0 Å². The lowest BCUT2D eigenvalue weighted by molar-refractivity contribution is -0.134. The molecule has 15 heteroatoms. The molecular formula is C26H34N4O8S3. The number of aliphatic hydroxyl groups is 1. The first kappa shape index (κ1) is 31.0. The van der Waals surface area contributed by atoms with Crippen molar-refractivity contribution in [2.24, 2.45) is 5.92 Å². The summed E-state index contributed by atoms with van der Waals surface area (Å²) < 4.78 is 67.8. The summed E-state index contributed by atoms with van der Waals surface area (Å²) in [4.78, 5) is 14.9. The predicted molar refractivity (Wildman–Crippen MR) is 153 cm³/mol. The molecule has 4 rings (SSSR count). The maximum Gasteiger partial charge on any atom is 0.267 e. The zero-order chi connectivity index (χ0) is 30.1. The number of anilines is 1. The van der Waals surface area contributed by atoms with Gasteiger partial charge in [0.05, 0.1) is 25.6 Å². The highest BCUT2D eigenvalue weighted by atomic mass is 32.2. The molecule has 0 saturated carbocycles. The van der Waals surface area contributed by atoms with Crippen LogP contribution in [-0.4, -0.2) is 81.1 Å². The lowest BCUT2D eigenvalue weighted by atomic mass is 10.0. The van der Waals surface area contributed by atoms with Crippen LogP contribution in [0.1, 0.15) is 30.9 Å². The Morgan fingerprint density at radius 1 is 1.24 bits per heavy atom. The molecule has 12 nitrogen and oxygen atoms in total. The standard InChI is InChI=1S/C26H34N4O8S3/c1-16-13-30(17(2)15-31)24(32)12-20-11-21(28-40(33,34)26-18(3)27-38-19(26)4)8-9-22(20)37-23(16)14-29(5)41(35,36)25-7-6-10-39-25/h6-11,16-17,23,28,31H,12-15H2,1-5H3/t16-,17+,23+/m1/s1. The van der Waals surface area contributed by atoms with Crippen LogP contribution in [0.25, 0.3) is 0 Å². The van der Waals surface area contributed by atoms with Gasteiger partial charge in [0.15, 0.2) is 10.7 Å². The van der Waals surface area contributed by atoms with Crippen molar-refractivity contribution >= 4 is 43.0 Å². The van der Waals surface area contributed by atoms with Crippen LogP contribution in [0, 0.1) is 19.8 Å². The number of carbonyl (C=O) groups excluding carboxylic acids is 1. The van der Waals surface area contributed by atoms with E-state index < -0.39 is 32.2 Å². The number of hydrogen-bond donors (Lipinski definition) is 2. The van der Waals surface area contributed by atoms with Crippen molar-refractivity contribution in [2.75, 3.05) is 31.5 Å². The molecule has 3 atom stereocenters. The number of aliphatic hydroxyl groups excluding tert-OH is 1. The van der Waals surface area contributed by atoms with E-state index in [4.69, 9.17) is 9.26 Å². The average Bonchev–Trinajstić information content (AvgIpc) is 3.57. The summed E-state index contributed by atoms with van der Waals surface area (Å²) in [5, 5.41) is 15.2. The fraction of sp³-hybridized carbons (Fsp3) is 0.462. The Labute approximate surface area is 244 Å². The second-order valence-corrected chi connectivity index (χ2v) is 15.0. The maximum absolute atomic E-state index is 13.4. The molecule has 0 spiro atoms. The Morgan fingerprint density at radius 3 is 2.59 bits per heavy atom. The van der Waals surface area contributed by atoms with Crippen LogP contribution in [0.4, 0.5) is 5.69 Å². The number of nitrogens with zero attached hydrogens (tertiary/aromatic N) is 3. The van der Waals surface area contributed by atoms with Crippen molar-refractivity contribution in [1.29, 1.82) is 0 Å². The van der Waals surface area contributed by atoms with Crippen molar-refractivity contribution in [1.82, 2.24) is 14.4 Å². The van der Waals surface area contributed by atoms with E-state index in [1.807, 2.05) is 6.92 Å². The third-order valence-electron chi connectivity index (χ3n) is 7.00. The number of amides is 1. The minimum Gasteiger partial charge on any atom is -0.488 e. The van der Waals surface area contributed by atoms with Crippen LogP contribution < -0.4 is 9.46 Å². The Morgan fingerprint density at radius 2 is 1.98 bits per heavy atom. The van der Waals surface area contributed by atoms with Crippen molar-refractivity contribution in [3.05, 3.63) is 52.7 Å². The third kappa shape index (κ3) is 6.59. The number of aryl methyl sites for hydroxylation is 2. The fourth-order valence-electron chi connectivity index (χ4n) is 4.69. The zero-order valence-corrected chi connectivity index (χ0v) is 25.8. The highest BCUT2D eigenvalue weighted by Gasteiger charge is 2.34. The minimum atomic E-state index is -4.04. The summed E-state index contributed by atoms with van der Waals surface area (Å²) in [6.07, 6.45) is -0.791. The molecule has 0 aliphatic carbocycles. The van der Waals surface area contributed by atoms with Gasteiger partial charge in [-0.25, -0.2) is 16.8 Å².